The number of carbonyl (C=O) groups is 1. The van der Waals surface area contributed by atoms with E-state index in [0.717, 1.165) is 5.56 Å². The topological polar surface area (TPSA) is 35.5 Å². The molecule has 0 atom stereocenters. The minimum absolute atomic E-state index is 0.170. The summed E-state index contributed by atoms with van der Waals surface area (Å²) in [7, 11) is 0. The first-order valence-corrected chi connectivity index (χ1v) is 6.91. The van der Waals surface area contributed by atoms with Crippen LogP contribution in [0.25, 0.3) is 0 Å². The standard InChI is InChI=1S/C16H21ClO3/c1-16(2,3)15(18)20-10-9-14(17)12-19-11-13-7-5-4-6-8-13/h4-9H,10-12H2,1-3H3/b14-9-. The summed E-state index contributed by atoms with van der Waals surface area (Å²) in [5.74, 6) is -0.247. The number of benzene rings is 1. The zero-order valence-electron chi connectivity index (χ0n) is 12.2. The van der Waals surface area contributed by atoms with Crippen molar-refractivity contribution in [2.75, 3.05) is 13.2 Å². The number of ether oxygens (including phenoxy) is 2. The number of esters is 1. The van der Waals surface area contributed by atoms with Gasteiger partial charge in [0, 0.05) is 5.03 Å². The average Bonchev–Trinajstić information content (AvgIpc) is 2.38. The fraction of sp³-hybridized carbons (Fsp3) is 0.438. The van der Waals surface area contributed by atoms with E-state index in [0.29, 0.717) is 18.2 Å². The van der Waals surface area contributed by atoms with Gasteiger partial charge in [-0.15, -0.1) is 0 Å². The van der Waals surface area contributed by atoms with E-state index in [1.54, 1.807) is 6.08 Å². The molecule has 110 valence electrons. The van der Waals surface area contributed by atoms with Crippen LogP contribution in [-0.4, -0.2) is 19.2 Å². The summed E-state index contributed by atoms with van der Waals surface area (Å²) in [4.78, 5) is 11.5. The van der Waals surface area contributed by atoms with Crippen LogP contribution in [0.1, 0.15) is 26.3 Å². The fourth-order valence-electron chi connectivity index (χ4n) is 1.32. The van der Waals surface area contributed by atoms with Gasteiger partial charge in [-0.3, -0.25) is 4.79 Å². The Morgan fingerprint density at radius 2 is 1.90 bits per heavy atom. The summed E-state index contributed by atoms with van der Waals surface area (Å²) in [6.45, 7) is 6.41. The number of hydrogen-bond acceptors (Lipinski definition) is 3. The van der Waals surface area contributed by atoms with E-state index in [4.69, 9.17) is 21.1 Å². The van der Waals surface area contributed by atoms with Crippen molar-refractivity contribution in [3.05, 3.63) is 47.0 Å². The Hall–Kier alpha value is -1.32. The predicted molar refractivity (Wildman–Crippen MR) is 80.4 cm³/mol. The third-order valence-corrected chi connectivity index (χ3v) is 2.75. The Balaban J connectivity index is 2.24. The smallest absolute Gasteiger partial charge is 0.311 e. The maximum Gasteiger partial charge on any atom is 0.311 e. The van der Waals surface area contributed by atoms with Gasteiger partial charge in [0.15, 0.2) is 0 Å². The van der Waals surface area contributed by atoms with Crippen molar-refractivity contribution < 1.29 is 14.3 Å². The highest BCUT2D eigenvalue weighted by molar-refractivity contribution is 6.29. The normalized spacial score (nSPS) is 12.3. The molecule has 3 nitrogen and oxygen atoms in total. The summed E-state index contributed by atoms with van der Waals surface area (Å²) in [5.41, 5.74) is 0.598. The molecule has 0 saturated carbocycles. The van der Waals surface area contributed by atoms with Crippen LogP contribution in [0.3, 0.4) is 0 Å². The van der Waals surface area contributed by atoms with Gasteiger partial charge in [-0.25, -0.2) is 0 Å². The van der Waals surface area contributed by atoms with Gasteiger partial charge in [0.25, 0.3) is 0 Å². The molecular weight excluding hydrogens is 276 g/mol. The summed E-state index contributed by atoms with van der Waals surface area (Å²) >= 11 is 5.99. The summed E-state index contributed by atoms with van der Waals surface area (Å²) < 4.78 is 10.6. The SMILES string of the molecule is CC(C)(C)C(=O)OC/C=C(\Cl)COCc1ccccc1. The molecule has 0 fully saturated rings. The van der Waals surface area contributed by atoms with Crippen LogP contribution in [0.5, 0.6) is 0 Å². The molecule has 0 spiro atoms. The summed E-state index contributed by atoms with van der Waals surface area (Å²) in [6.07, 6.45) is 1.65. The molecule has 0 heterocycles. The lowest BCUT2D eigenvalue weighted by Gasteiger charge is -2.15. The van der Waals surface area contributed by atoms with Gasteiger partial charge in [-0.2, -0.15) is 0 Å². The molecule has 0 radical (unpaired) electrons. The Bertz CT molecular complexity index is 447. The van der Waals surface area contributed by atoms with Gasteiger partial charge in [0.1, 0.15) is 6.61 Å². The van der Waals surface area contributed by atoms with Crippen molar-refractivity contribution >= 4 is 17.6 Å². The largest absolute Gasteiger partial charge is 0.461 e. The van der Waals surface area contributed by atoms with Crippen LogP contribution in [0.15, 0.2) is 41.4 Å². The highest BCUT2D eigenvalue weighted by Crippen LogP contribution is 2.15. The molecule has 0 aliphatic carbocycles. The van der Waals surface area contributed by atoms with Crippen molar-refractivity contribution in [1.82, 2.24) is 0 Å². The monoisotopic (exact) mass is 296 g/mol. The second-order valence-corrected chi connectivity index (χ2v) is 5.96. The zero-order valence-corrected chi connectivity index (χ0v) is 12.9. The highest BCUT2D eigenvalue weighted by Gasteiger charge is 2.22. The maximum atomic E-state index is 11.5. The zero-order chi connectivity index (χ0) is 15.0. The van der Waals surface area contributed by atoms with Crippen LogP contribution in [0.2, 0.25) is 0 Å². The van der Waals surface area contributed by atoms with Crippen LogP contribution < -0.4 is 0 Å². The van der Waals surface area contributed by atoms with E-state index < -0.39 is 5.41 Å². The lowest BCUT2D eigenvalue weighted by molar-refractivity contribution is -0.151. The molecule has 0 aliphatic rings. The quantitative estimate of drug-likeness (QED) is 0.747. The third-order valence-electron chi connectivity index (χ3n) is 2.48. The van der Waals surface area contributed by atoms with Gasteiger partial charge < -0.3 is 9.47 Å². The summed E-state index contributed by atoms with van der Waals surface area (Å²) in [6, 6.07) is 9.86. The molecule has 0 unspecified atom stereocenters. The predicted octanol–water partition coefficient (Wildman–Crippen LogP) is 3.92. The van der Waals surface area contributed by atoms with Crippen molar-refractivity contribution in [3.8, 4) is 0 Å². The molecule has 0 aliphatic heterocycles. The maximum absolute atomic E-state index is 11.5. The van der Waals surface area contributed by atoms with Gasteiger partial charge in [-0.1, -0.05) is 41.9 Å². The Kier molecular flexibility index (Phi) is 6.76. The molecule has 0 bridgehead atoms. The minimum Gasteiger partial charge on any atom is -0.461 e. The van der Waals surface area contributed by atoms with Crippen molar-refractivity contribution in [1.29, 1.82) is 0 Å². The average molecular weight is 297 g/mol. The lowest BCUT2D eigenvalue weighted by Crippen LogP contribution is -2.23. The molecule has 4 heteroatoms. The molecule has 1 aromatic rings. The molecule has 0 saturated heterocycles. The van der Waals surface area contributed by atoms with Gasteiger partial charge in [0.2, 0.25) is 0 Å². The minimum atomic E-state index is -0.496. The van der Waals surface area contributed by atoms with Crippen LogP contribution in [0, 0.1) is 5.41 Å². The molecule has 0 aromatic heterocycles. The van der Waals surface area contributed by atoms with E-state index in [-0.39, 0.29) is 12.6 Å². The molecule has 0 amide bonds. The molecule has 0 N–H and O–H groups in total. The van der Waals surface area contributed by atoms with Gasteiger partial charge >= 0.3 is 5.97 Å². The summed E-state index contributed by atoms with van der Waals surface area (Å²) in [5, 5.41) is 0.530. The van der Waals surface area contributed by atoms with Crippen LogP contribution in [-0.2, 0) is 20.9 Å². The van der Waals surface area contributed by atoms with E-state index in [1.165, 1.54) is 0 Å². The van der Waals surface area contributed by atoms with E-state index in [2.05, 4.69) is 0 Å². The van der Waals surface area contributed by atoms with Crippen molar-refractivity contribution in [3.63, 3.8) is 0 Å². The first-order valence-electron chi connectivity index (χ1n) is 6.53. The van der Waals surface area contributed by atoms with Crippen molar-refractivity contribution in [2.24, 2.45) is 5.41 Å². The van der Waals surface area contributed by atoms with E-state index in [1.807, 2.05) is 51.1 Å². The fourth-order valence-corrected chi connectivity index (χ4v) is 1.46. The lowest BCUT2D eigenvalue weighted by atomic mass is 9.97. The highest BCUT2D eigenvalue weighted by atomic mass is 35.5. The second-order valence-electron chi connectivity index (χ2n) is 5.48. The number of hydrogen-bond donors (Lipinski definition) is 0. The molecular formula is C16H21ClO3. The number of rotatable bonds is 6. The second kappa shape index (κ2) is 8.08. The molecule has 1 aromatic carbocycles. The van der Waals surface area contributed by atoms with Crippen LogP contribution >= 0.6 is 11.6 Å². The first kappa shape index (κ1) is 16.7. The Labute approximate surface area is 125 Å². The number of halogens is 1. The van der Waals surface area contributed by atoms with Crippen LogP contribution in [0.4, 0.5) is 0 Å². The van der Waals surface area contributed by atoms with E-state index in [9.17, 15) is 4.79 Å². The first-order chi connectivity index (χ1) is 9.39. The third kappa shape index (κ3) is 6.73. The molecule has 1 rings (SSSR count). The van der Waals surface area contributed by atoms with E-state index >= 15 is 0 Å². The van der Waals surface area contributed by atoms with Crippen molar-refractivity contribution in [2.45, 2.75) is 27.4 Å². The number of carbonyl (C=O) groups excluding carboxylic acids is 1. The Morgan fingerprint density at radius 3 is 2.50 bits per heavy atom. The van der Waals surface area contributed by atoms with Gasteiger partial charge in [-0.05, 0) is 32.4 Å². The van der Waals surface area contributed by atoms with Gasteiger partial charge in [0.05, 0.1) is 18.6 Å². The molecule has 20 heavy (non-hydrogen) atoms. The Morgan fingerprint density at radius 1 is 1.25 bits per heavy atom.